The highest BCUT2D eigenvalue weighted by molar-refractivity contribution is 6.31. The van der Waals surface area contributed by atoms with Crippen molar-refractivity contribution in [3.8, 4) is 0 Å². The van der Waals surface area contributed by atoms with Gasteiger partial charge in [-0.1, -0.05) is 31.5 Å². The maximum Gasteiger partial charge on any atom is 0.278 e. The van der Waals surface area contributed by atoms with Crippen LogP contribution in [-0.2, 0) is 9.59 Å². The third kappa shape index (κ3) is 5.99. The summed E-state index contributed by atoms with van der Waals surface area (Å²) >= 11 is 6.00. The van der Waals surface area contributed by atoms with Gasteiger partial charge in [0.05, 0.1) is 13.1 Å². The van der Waals surface area contributed by atoms with Crippen molar-refractivity contribution in [2.45, 2.75) is 34.1 Å². The number of piperidine rings is 1. The molecule has 144 valence electrons. The number of rotatable bonds is 6. The number of benzene rings is 1. The van der Waals surface area contributed by atoms with Crippen LogP contribution in [0.1, 0.15) is 32.8 Å². The summed E-state index contributed by atoms with van der Waals surface area (Å²) in [6, 6.07) is 5.38. The van der Waals surface area contributed by atoms with Crippen LogP contribution in [0.2, 0.25) is 5.02 Å². The second-order valence-electron chi connectivity index (χ2n) is 7.70. The lowest BCUT2D eigenvalue weighted by Gasteiger charge is -2.32. The predicted octanol–water partition coefficient (Wildman–Crippen LogP) is 2.00. The molecule has 0 spiro atoms. The van der Waals surface area contributed by atoms with Crippen LogP contribution < -0.4 is 10.2 Å². The largest absolute Gasteiger partial charge is 0.329 e. The van der Waals surface area contributed by atoms with Crippen molar-refractivity contribution in [3.63, 3.8) is 0 Å². The van der Waals surface area contributed by atoms with Crippen LogP contribution in [0.4, 0.5) is 5.69 Å². The summed E-state index contributed by atoms with van der Waals surface area (Å²) in [5, 5.41) is 3.44. The van der Waals surface area contributed by atoms with Gasteiger partial charge in [0.25, 0.3) is 5.91 Å². The molecule has 1 aromatic carbocycles. The van der Waals surface area contributed by atoms with E-state index in [1.54, 1.807) is 17.0 Å². The normalized spacial score (nSPS) is 22.7. The number of quaternary nitrogens is 1. The minimum Gasteiger partial charge on any atom is -0.329 e. The Morgan fingerprint density at radius 3 is 2.54 bits per heavy atom. The number of likely N-dealkylation sites (N-methyl/N-ethyl adjacent to an activating group) is 1. The number of amides is 2. The van der Waals surface area contributed by atoms with Gasteiger partial charge >= 0.3 is 0 Å². The van der Waals surface area contributed by atoms with E-state index in [1.165, 1.54) is 11.3 Å². The molecule has 26 heavy (non-hydrogen) atoms. The number of nitrogens with one attached hydrogen (secondary N) is 2. The van der Waals surface area contributed by atoms with E-state index >= 15 is 0 Å². The average molecular weight is 381 g/mol. The number of nitrogens with zero attached hydrogens (tertiary/aromatic N) is 1. The van der Waals surface area contributed by atoms with Crippen LogP contribution in [0.3, 0.4) is 0 Å². The minimum atomic E-state index is -0.194. The first-order valence-corrected chi connectivity index (χ1v) is 9.83. The van der Waals surface area contributed by atoms with Crippen molar-refractivity contribution in [3.05, 3.63) is 28.8 Å². The molecule has 2 atom stereocenters. The van der Waals surface area contributed by atoms with E-state index in [9.17, 15) is 9.59 Å². The molecular weight excluding hydrogens is 350 g/mol. The summed E-state index contributed by atoms with van der Waals surface area (Å²) in [7, 11) is 0. The number of carbonyl (C=O) groups is 2. The topological polar surface area (TPSA) is 53.9 Å². The SMILES string of the molecule is CCN(CC(=O)Nc1cc(Cl)ccc1C)C(=O)C[NH+]1C[C@@H](C)C[C@H](C)C1. The van der Waals surface area contributed by atoms with Crippen LogP contribution in [0.15, 0.2) is 18.2 Å². The van der Waals surface area contributed by atoms with Gasteiger partial charge in [0.2, 0.25) is 5.91 Å². The van der Waals surface area contributed by atoms with Crippen molar-refractivity contribution in [1.82, 2.24) is 4.90 Å². The van der Waals surface area contributed by atoms with Crippen LogP contribution >= 0.6 is 11.6 Å². The average Bonchev–Trinajstić information content (AvgIpc) is 2.55. The molecule has 2 N–H and O–H groups in total. The lowest BCUT2D eigenvalue weighted by molar-refractivity contribution is -0.904. The summed E-state index contributed by atoms with van der Waals surface area (Å²) in [5.41, 5.74) is 1.63. The van der Waals surface area contributed by atoms with E-state index in [-0.39, 0.29) is 18.4 Å². The lowest BCUT2D eigenvalue weighted by atomic mass is 9.92. The Balaban J connectivity index is 1.91. The number of carbonyl (C=O) groups excluding carboxylic acids is 2. The summed E-state index contributed by atoms with van der Waals surface area (Å²) in [6.07, 6.45) is 1.23. The molecule has 5 nitrogen and oxygen atoms in total. The standard InChI is InChI=1S/C20H30ClN3O2/c1-5-24(20(26)13-23-10-14(2)8-15(3)11-23)12-19(25)22-18-9-17(21)7-6-16(18)4/h6-7,9,14-15H,5,8,10-13H2,1-4H3,(H,22,25)/p+1/t14-,15-/m0/s1. The Bertz CT molecular complexity index is 640. The zero-order valence-corrected chi connectivity index (χ0v) is 17.0. The highest BCUT2D eigenvalue weighted by Gasteiger charge is 2.28. The van der Waals surface area contributed by atoms with Crippen molar-refractivity contribution in [2.24, 2.45) is 11.8 Å². The number of hydrogen-bond donors (Lipinski definition) is 2. The number of anilines is 1. The number of likely N-dealkylation sites (tertiary alicyclic amines) is 1. The van der Waals surface area contributed by atoms with Crippen LogP contribution in [-0.4, -0.2) is 49.4 Å². The fourth-order valence-electron chi connectivity index (χ4n) is 3.86. The molecule has 0 bridgehead atoms. The smallest absolute Gasteiger partial charge is 0.278 e. The Morgan fingerprint density at radius 1 is 1.27 bits per heavy atom. The van der Waals surface area contributed by atoms with Crippen LogP contribution in [0.25, 0.3) is 0 Å². The third-order valence-electron chi connectivity index (χ3n) is 5.02. The van der Waals surface area contributed by atoms with Crippen molar-refractivity contribution in [1.29, 1.82) is 0 Å². The Morgan fingerprint density at radius 2 is 1.92 bits per heavy atom. The number of halogens is 1. The highest BCUT2D eigenvalue weighted by Crippen LogP contribution is 2.20. The highest BCUT2D eigenvalue weighted by atomic mass is 35.5. The van der Waals surface area contributed by atoms with E-state index in [0.717, 1.165) is 18.7 Å². The molecule has 1 heterocycles. The Hall–Kier alpha value is -1.59. The summed E-state index contributed by atoms with van der Waals surface area (Å²) in [6.45, 7) is 11.4. The minimum absolute atomic E-state index is 0.0433. The second-order valence-corrected chi connectivity index (χ2v) is 8.13. The first-order chi connectivity index (χ1) is 12.3. The third-order valence-corrected chi connectivity index (χ3v) is 5.26. The van der Waals surface area contributed by atoms with Gasteiger partial charge in [0.15, 0.2) is 6.54 Å². The van der Waals surface area contributed by atoms with Crippen molar-refractivity contribution >= 4 is 29.1 Å². The fourth-order valence-corrected chi connectivity index (χ4v) is 4.03. The molecule has 1 aliphatic rings. The molecule has 2 rings (SSSR count). The summed E-state index contributed by atoms with van der Waals surface area (Å²) in [4.78, 5) is 28.0. The molecule has 1 aliphatic heterocycles. The molecule has 1 saturated heterocycles. The zero-order valence-electron chi connectivity index (χ0n) is 16.3. The van der Waals surface area contributed by atoms with E-state index in [0.29, 0.717) is 35.6 Å². The number of hydrogen-bond acceptors (Lipinski definition) is 2. The van der Waals surface area contributed by atoms with Gasteiger partial charge in [0, 0.05) is 29.1 Å². The van der Waals surface area contributed by atoms with Crippen LogP contribution in [0.5, 0.6) is 0 Å². The molecule has 2 amide bonds. The molecule has 0 unspecified atom stereocenters. The predicted molar refractivity (Wildman–Crippen MR) is 106 cm³/mol. The van der Waals surface area contributed by atoms with Crippen LogP contribution in [0, 0.1) is 18.8 Å². The second kappa shape index (κ2) is 9.38. The molecule has 1 fully saturated rings. The zero-order chi connectivity index (χ0) is 19.3. The first kappa shape index (κ1) is 20.7. The molecule has 0 aromatic heterocycles. The van der Waals surface area contributed by atoms with Gasteiger partial charge in [-0.2, -0.15) is 0 Å². The molecule has 0 saturated carbocycles. The molecule has 1 aromatic rings. The molecule has 6 heteroatoms. The van der Waals surface area contributed by atoms with Gasteiger partial charge in [-0.15, -0.1) is 0 Å². The van der Waals surface area contributed by atoms with E-state index in [2.05, 4.69) is 19.2 Å². The quantitative estimate of drug-likeness (QED) is 0.793. The summed E-state index contributed by atoms with van der Waals surface area (Å²) in [5.74, 6) is 1.14. The molecular formula is C20H31ClN3O2+. The van der Waals surface area contributed by atoms with E-state index < -0.39 is 0 Å². The monoisotopic (exact) mass is 380 g/mol. The molecule has 0 aliphatic carbocycles. The Kier molecular flexibility index (Phi) is 7.47. The van der Waals surface area contributed by atoms with E-state index in [1.807, 2.05) is 19.9 Å². The van der Waals surface area contributed by atoms with Gasteiger partial charge in [-0.25, -0.2) is 0 Å². The van der Waals surface area contributed by atoms with Crippen molar-refractivity contribution < 1.29 is 14.5 Å². The van der Waals surface area contributed by atoms with Gasteiger partial charge < -0.3 is 15.1 Å². The fraction of sp³-hybridized carbons (Fsp3) is 0.600. The van der Waals surface area contributed by atoms with E-state index in [4.69, 9.17) is 11.6 Å². The summed E-state index contributed by atoms with van der Waals surface area (Å²) < 4.78 is 0. The lowest BCUT2D eigenvalue weighted by Crippen LogP contribution is -3.15. The van der Waals surface area contributed by atoms with Gasteiger partial charge in [0.1, 0.15) is 6.54 Å². The van der Waals surface area contributed by atoms with Gasteiger partial charge in [-0.3, -0.25) is 9.59 Å². The van der Waals surface area contributed by atoms with Gasteiger partial charge in [-0.05, 0) is 38.0 Å². The maximum absolute atomic E-state index is 12.7. The number of aryl methyl sites for hydroxylation is 1. The molecule has 0 radical (unpaired) electrons. The van der Waals surface area contributed by atoms with Crippen molar-refractivity contribution in [2.75, 3.05) is 38.0 Å². The first-order valence-electron chi connectivity index (χ1n) is 9.45. The Labute approximate surface area is 161 Å². The maximum atomic E-state index is 12.7.